The van der Waals surface area contributed by atoms with Gasteiger partial charge in [-0.25, -0.2) is 5.01 Å². The first-order valence-electron chi connectivity index (χ1n) is 8.76. The predicted octanol–water partition coefficient (Wildman–Crippen LogP) is 2.68. The number of carbonyl (C=O) groups is 2. The van der Waals surface area contributed by atoms with Crippen LogP contribution < -0.4 is 0 Å². The average molecular weight is 394 g/mol. The van der Waals surface area contributed by atoms with Gasteiger partial charge in [0.05, 0.1) is 19.1 Å². The molecule has 0 saturated heterocycles. The van der Waals surface area contributed by atoms with Crippen LogP contribution >= 0.6 is 0 Å². The molecule has 0 N–H and O–H groups in total. The highest BCUT2D eigenvalue weighted by Crippen LogP contribution is 2.30. The number of hydrazine groups is 1. The third kappa shape index (κ3) is 3.86. The van der Waals surface area contributed by atoms with Gasteiger partial charge in [-0.15, -0.1) is 10.2 Å². The Kier molecular flexibility index (Phi) is 5.68. The minimum Gasteiger partial charge on any atom is -0.466 e. The maximum atomic E-state index is 12.8. The third-order valence-electron chi connectivity index (χ3n) is 4.41. The van der Waals surface area contributed by atoms with Gasteiger partial charge in [0.1, 0.15) is 0 Å². The molecule has 10 heteroatoms. The van der Waals surface area contributed by atoms with Crippen molar-refractivity contribution in [2.24, 2.45) is 5.92 Å². The SMILES string of the molecule is CCOC(=O)C(C)CN(C)N1Cc2ccc(-c3nnc(C(F)F)o3)cc2C1=O. The molecule has 1 atom stereocenters. The van der Waals surface area contributed by atoms with Gasteiger partial charge < -0.3 is 9.15 Å². The number of aromatic nitrogens is 2. The summed E-state index contributed by atoms with van der Waals surface area (Å²) in [7, 11) is 1.72. The maximum absolute atomic E-state index is 12.8. The molecule has 1 amide bonds. The Balaban J connectivity index is 1.75. The first kappa shape index (κ1) is 19.9. The van der Waals surface area contributed by atoms with Gasteiger partial charge in [0, 0.05) is 24.7 Å². The lowest BCUT2D eigenvalue weighted by Gasteiger charge is -2.29. The maximum Gasteiger partial charge on any atom is 0.314 e. The Bertz CT molecular complexity index is 886. The molecule has 8 nitrogen and oxygen atoms in total. The van der Waals surface area contributed by atoms with Crippen molar-refractivity contribution in [3.63, 3.8) is 0 Å². The number of esters is 1. The van der Waals surface area contributed by atoms with E-state index in [1.807, 2.05) is 0 Å². The second-order valence-corrected chi connectivity index (χ2v) is 6.47. The second kappa shape index (κ2) is 8.01. The van der Waals surface area contributed by atoms with Gasteiger partial charge in [-0.05, 0) is 24.6 Å². The molecule has 1 aromatic heterocycles. The van der Waals surface area contributed by atoms with Crippen LogP contribution in [-0.2, 0) is 16.1 Å². The van der Waals surface area contributed by atoms with Gasteiger partial charge in [-0.1, -0.05) is 13.0 Å². The number of nitrogens with zero attached hydrogens (tertiary/aromatic N) is 4. The Labute approximate surface area is 160 Å². The van der Waals surface area contributed by atoms with Crippen molar-refractivity contribution < 1.29 is 27.5 Å². The molecule has 150 valence electrons. The first-order valence-corrected chi connectivity index (χ1v) is 8.76. The van der Waals surface area contributed by atoms with Crippen LogP contribution in [0, 0.1) is 5.92 Å². The molecular formula is C18H20F2N4O4. The fourth-order valence-electron chi connectivity index (χ4n) is 2.99. The van der Waals surface area contributed by atoms with Crippen molar-refractivity contribution in [3.05, 3.63) is 35.2 Å². The standard InChI is InChI=1S/C18H20F2N4O4/c1-4-27-18(26)10(2)8-23(3)24-9-12-6-5-11(7-13(12)17(24)25)15-21-22-16(28-15)14(19)20/h5-7,10,14H,4,8-9H2,1-3H3. The molecule has 1 unspecified atom stereocenters. The number of ether oxygens (including phenoxy) is 1. The average Bonchev–Trinajstić information content (AvgIpc) is 3.27. The van der Waals surface area contributed by atoms with Crippen LogP contribution in [0.3, 0.4) is 0 Å². The Morgan fingerprint density at radius 1 is 1.39 bits per heavy atom. The van der Waals surface area contributed by atoms with Crippen LogP contribution in [0.15, 0.2) is 22.6 Å². The van der Waals surface area contributed by atoms with E-state index in [9.17, 15) is 18.4 Å². The quantitative estimate of drug-likeness (QED) is 0.667. The molecule has 0 aliphatic carbocycles. The molecule has 0 saturated carbocycles. The zero-order valence-electron chi connectivity index (χ0n) is 15.7. The number of hydrogen-bond donors (Lipinski definition) is 0. The van der Waals surface area contributed by atoms with Crippen molar-refractivity contribution in [2.45, 2.75) is 26.8 Å². The molecule has 0 spiro atoms. The van der Waals surface area contributed by atoms with E-state index in [1.54, 1.807) is 44.1 Å². The smallest absolute Gasteiger partial charge is 0.314 e. The van der Waals surface area contributed by atoms with Gasteiger partial charge >= 0.3 is 12.4 Å². The number of alkyl halides is 2. The summed E-state index contributed by atoms with van der Waals surface area (Å²) >= 11 is 0. The highest BCUT2D eigenvalue weighted by atomic mass is 19.3. The second-order valence-electron chi connectivity index (χ2n) is 6.47. The van der Waals surface area contributed by atoms with Crippen molar-refractivity contribution in [1.29, 1.82) is 0 Å². The number of carbonyl (C=O) groups excluding carboxylic acids is 2. The molecule has 1 aliphatic heterocycles. The molecule has 28 heavy (non-hydrogen) atoms. The number of benzene rings is 1. The lowest BCUT2D eigenvalue weighted by atomic mass is 10.1. The van der Waals surface area contributed by atoms with E-state index in [0.717, 1.165) is 5.56 Å². The highest BCUT2D eigenvalue weighted by molar-refractivity contribution is 5.99. The van der Waals surface area contributed by atoms with E-state index in [2.05, 4.69) is 10.2 Å². The van der Waals surface area contributed by atoms with Crippen LogP contribution in [0.2, 0.25) is 0 Å². The van der Waals surface area contributed by atoms with E-state index >= 15 is 0 Å². The fraction of sp³-hybridized carbons (Fsp3) is 0.444. The van der Waals surface area contributed by atoms with Crippen LogP contribution in [0.1, 0.15) is 42.1 Å². The van der Waals surface area contributed by atoms with E-state index < -0.39 is 18.2 Å². The predicted molar refractivity (Wildman–Crippen MR) is 93.0 cm³/mol. The molecule has 0 fully saturated rings. The van der Waals surface area contributed by atoms with E-state index in [-0.39, 0.29) is 17.8 Å². The van der Waals surface area contributed by atoms with Crippen molar-refractivity contribution in [3.8, 4) is 11.5 Å². The Morgan fingerprint density at radius 2 is 2.14 bits per heavy atom. The van der Waals surface area contributed by atoms with Crippen LogP contribution in [0.5, 0.6) is 0 Å². The molecule has 2 aromatic rings. The molecule has 1 aliphatic rings. The summed E-state index contributed by atoms with van der Waals surface area (Å²) in [6.07, 6.45) is -2.86. The summed E-state index contributed by atoms with van der Waals surface area (Å²) in [6, 6.07) is 4.90. The van der Waals surface area contributed by atoms with E-state index in [4.69, 9.17) is 9.15 Å². The zero-order valence-corrected chi connectivity index (χ0v) is 15.7. The van der Waals surface area contributed by atoms with Gasteiger partial charge in [0.2, 0.25) is 5.89 Å². The van der Waals surface area contributed by atoms with E-state index in [0.29, 0.717) is 30.8 Å². The van der Waals surface area contributed by atoms with Crippen molar-refractivity contribution >= 4 is 11.9 Å². The largest absolute Gasteiger partial charge is 0.466 e. The number of amides is 1. The summed E-state index contributed by atoms with van der Waals surface area (Å²) in [6.45, 7) is 4.42. The number of halogens is 2. The molecule has 2 heterocycles. The molecule has 0 bridgehead atoms. The normalized spacial score (nSPS) is 14.7. The summed E-state index contributed by atoms with van der Waals surface area (Å²) in [4.78, 5) is 24.6. The lowest BCUT2D eigenvalue weighted by molar-refractivity contribution is -0.149. The van der Waals surface area contributed by atoms with Gasteiger partial charge in [-0.3, -0.25) is 14.6 Å². The Hall–Kier alpha value is -2.88. The first-order chi connectivity index (χ1) is 13.3. The number of fused-ring (bicyclic) bond motifs is 1. The summed E-state index contributed by atoms with van der Waals surface area (Å²) in [5, 5.41) is 10.1. The minimum atomic E-state index is -2.86. The highest BCUT2D eigenvalue weighted by Gasteiger charge is 2.32. The topological polar surface area (TPSA) is 88.8 Å². The minimum absolute atomic E-state index is 0.0753. The Morgan fingerprint density at radius 3 is 2.79 bits per heavy atom. The van der Waals surface area contributed by atoms with Crippen LogP contribution in [0.4, 0.5) is 8.78 Å². The fourth-order valence-corrected chi connectivity index (χ4v) is 2.99. The molecule has 3 rings (SSSR count). The summed E-state index contributed by atoms with van der Waals surface area (Å²) in [5.74, 6) is -1.83. The van der Waals surface area contributed by atoms with Gasteiger partial charge in [0.25, 0.3) is 11.8 Å². The van der Waals surface area contributed by atoms with Gasteiger partial charge in [-0.2, -0.15) is 8.78 Å². The van der Waals surface area contributed by atoms with E-state index in [1.165, 1.54) is 5.01 Å². The van der Waals surface area contributed by atoms with Crippen molar-refractivity contribution in [2.75, 3.05) is 20.2 Å². The number of rotatable bonds is 7. The molecular weight excluding hydrogens is 374 g/mol. The van der Waals surface area contributed by atoms with Gasteiger partial charge in [0.15, 0.2) is 0 Å². The summed E-state index contributed by atoms with van der Waals surface area (Å²) < 4.78 is 35.2. The molecule has 0 radical (unpaired) electrons. The van der Waals surface area contributed by atoms with Crippen LogP contribution in [-0.4, -0.2) is 52.3 Å². The lowest BCUT2D eigenvalue weighted by Crippen LogP contribution is -2.43. The van der Waals surface area contributed by atoms with Crippen LogP contribution in [0.25, 0.3) is 11.5 Å². The summed E-state index contributed by atoms with van der Waals surface area (Å²) in [5.41, 5.74) is 1.58. The van der Waals surface area contributed by atoms with Crippen molar-refractivity contribution in [1.82, 2.24) is 20.2 Å². The zero-order chi connectivity index (χ0) is 20.4. The number of hydrogen-bond acceptors (Lipinski definition) is 7. The third-order valence-corrected chi connectivity index (χ3v) is 4.41. The monoisotopic (exact) mass is 394 g/mol. The molecule has 1 aromatic carbocycles.